The van der Waals surface area contributed by atoms with Crippen molar-refractivity contribution in [2.75, 3.05) is 25.3 Å². The molecule has 7 rings (SSSR count). The summed E-state index contributed by atoms with van der Waals surface area (Å²) in [6, 6.07) is 12.0. The minimum absolute atomic E-state index is 0. The third-order valence-corrected chi connectivity index (χ3v) is 13.2. The number of anilines is 1. The number of pyridine rings is 1. The second-order valence-electron chi connectivity index (χ2n) is 17.9. The van der Waals surface area contributed by atoms with E-state index in [4.69, 9.17) is 52.4 Å². The van der Waals surface area contributed by atoms with Gasteiger partial charge in [0.15, 0.2) is 29.8 Å². The van der Waals surface area contributed by atoms with Gasteiger partial charge in [-0.2, -0.15) is 4.57 Å². The van der Waals surface area contributed by atoms with Crippen molar-refractivity contribution < 1.29 is 80.7 Å². The summed E-state index contributed by atoms with van der Waals surface area (Å²) >= 11 is 15.2. The molecule has 72 heavy (non-hydrogen) atoms. The zero-order chi connectivity index (χ0) is 51.5. The second kappa shape index (κ2) is 22.8. The van der Waals surface area contributed by atoms with Crippen LogP contribution in [0.25, 0.3) is 10.9 Å². The predicted octanol–water partition coefficient (Wildman–Crippen LogP) is 4.54. The number of benzene rings is 2. The first-order chi connectivity index (χ1) is 33.5. The topological polar surface area (TPSA) is 229 Å². The van der Waals surface area contributed by atoms with Crippen molar-refractivity contribution in [2.45, 2.75) is 83.9 Å². The minimum atomic E-state index is -1.13. The lowest BCUT2D eigenvalue weighted by Gasteiger charge is -2.49. The number of methoxy groups -OCH3 is 1. The third-order valence-electron chi connectivity index (χ3n) is 10.4. The molecule has 5 aromatic rings. The molecule has 2 atom stereocenters. The van der Waals surface area contributed by atoms with Crippen LogP contribution in [0.1, 0.15) is 63.9 Å². The van der Waals surface area contributed by atoms with E-state index in [1.807, 2.05) is 22.9 Å². The van der Waals surface area contributed by atoms with Gasteiger partial charge in [0.1, 0.15) is 75.0 Å². The molecule has 2 aromatic carbocycles. The number of fused-ring (bicyclic) bond motifs is 2. The molecule has 0 saturated carbocycles. The smallest absolute Gasteiger partial charge is 0.413 e. The number of esters is 1. The third kappa shape index (κ3) is 13.1. The van der Waals surface area contributed by atoms with Gasteiger partial charge in [0.05, 0.1) is 13.7 Å². The molecule has 1 fully saturated rings. The number of carbonyl (C=O) groups is 5. The van der Waals surface area contributed by atoms with Crippen LogP contribution in [0.2, 0.25) is 9.36 Å². The van der Waals surface area contributed by atoms with Crippen LogP contribution in [0.5, 0.6) is 5.75 Å². The predicted molar refractivity (Wildman–Crippen MR) is 264 cm³/mol. The summed E-state index contributed by atoms with van der Waals surface area (Å²) in [6.45, 7) is 10.1. The van der Waals surface area contributed by atoms with Crippen LogP contribution in [0.4, 0.5) is 19.1 Å². The molecule has 5 heterocycles. The number of hydrogen-bond donors (Lipinski definition) is 4. The maximum Gasteiger partial charge on any atom is 0.413 e. The van der Waals surface area contributed by atoms with Gasteiger partial charge < -0.3 is 57.6 Å². The molecule has 0 aliphatic carbocycles. The van der Waals surface area contributed by atoms with Gasteiger partial charge in [0, 0.05) is 45.1 Å². The van der Waals surface area contributed by atoms with E-state index >= 15 is 4.39 Å². The number of nitrogens with one attached hydrogen (secondary N) is 4. The number of halogens is 4. The van der Waals surface area contributed by atoms with E-state index in [-0.39, 0.29) is 92.1 Å². The molecule has 0 spiro atoms. The average Bonchev–Trinajstić information content (AvgIpc) is 3.87. The van der Waals surface area contributed by atoms with E-state index in [0.717, 1.165) is 22.8 Å². The molecule has 3 aromatic heterocycles. The number of amidine groups is 1. The van der Waals surface area contributed by atoms with Crippen molar-refractivity contribution >= 4 is 104 Å². The van der Waals surface area contributed by atoms with Gasteiger partial charge in [-0.3, -0.25) is 30.5 Å². The molecule has 0 bridgehead atoms. The van der Waals surface area contributed by atoms with Gasteiger partial charge in [-0.25, -0.2) is 23.8 Å². The second-order valence-corrected chi connectivity index (χ2v) is 21.1. The first-order valence-electron chi connectivity index (χ1n) is 21.6. The van der Waals surface area contributed by atoms with Gasteiger partial charge in [-0.15, -0.1) is 11.8 Å². The van der Waals surface area contributed by atoms with Crippen LogP contribution in [-0.2, 0) is 53.1 Å². The van der Waals surface area contributed by atoms with Crippen LogP contribution in [0.3, 0.4) is 0 Å². The molecular weight excluding hydrogens is 1130 g/mol. The maximum absolute atomic E-state index is 15.7. The fraction of sp³-hybridized carbons (Fsp3) is 0.340. The van der Waals surface area contributed by atoms with Crippen molar-refractivity contribution in [3.63, 3.8) is 0 Å². The molecule has 1 saturated heterocycles. The first-order valence-corrected chi connectivity index (χ1v) is 24.2. The number of thioether (sulfide) groups is 1. The van der Waals surface area contributed by atoms with Crippen molar-refractivity contribution in [1.82, 2.24) is 25.1 Å². The van der Waals surface area contributed by atoms with Crippen molar-refractivity contribution in [1.29, 1.82) is 5.41 Å². The monoisotopic (exact) mass is 1180 g/mol. The van der Waals surface area contributed by atoms with E-state index in [1.54, 1.807) is 82.8 Å². The highest BCUT2D eigenvalue weighted by Gasteiger charge is 2.55. The van der Waals surface area contributed by atoms with Gasteiger partial charge in [-0.05, 0) is 77.4 Å². The van der Waals surface area contributed by atoms with E-state index in [2.05, 4.69) is 26.1 Å². The summed E-state index contributed by atoms with van der Waals surface area (Å²) in [4.78, 5) is 77.4. The normalized spacial score (nSPS) is 15.7. The number of aromatic nitrogens is 3. The zero-order valence-electron chi connectivity index (χ0n) is 40.0. The Kier molecular flexibility index (Phi) is 17.5. The standard InChI is InChI=1S/C47H48Cl2FN9O10S2.HI/c1-46(2,3)68-44(63)54-38(51)26-17-30(48)29(31(50)18-26)20-58-16-14-25-13-15-57(21-32(25)58)19-27-23-70-41-35(40(61)59(41)36(27)42(62)67-22-24-9-11-28(65-7)12-10-24)52-39(60)34(56-66-8)33-37(49)71-43(53-33)55-45(64)69-47(4,5)6;/h9-18,21,35,41H,19-20,22-23H2,1-8H3,(H3-,51,52,53,54,55,60,63,64);1H/t35-,41-;/m1./s1. The van der Waals surface area contributed by atoms with Gasteiger partial charge in [0.2, 0.25) is 0 Å². The minimum Gasteiger partial charge on any atom is -1.00 e. The number of alkyl carbamates (subject to hydrolysis) is 1. The first kappa shape index (κ1) is 55.3. The Bertz CT molecular complexity index is 2990. The number of oxime groups is 1. The number of hydrogen-bond acceptors (Lipinski definition) is 15. The largest absolute Gasteiger partial charge is 1.00 e. The molecule has 25 heteroatoms. The molecule has 0 radical (unpaired) electrons. The number of rotatable bonds is 14. The van der Waals surface area contributed by atoms with Crippen molar-refractivity contribution in [3.05, 3.63) is 116 Å². The molecule has 2 aliphatic rings. The van der Waals surface area contributed by atoms with Crippen LogP contribution in [0, 0.1) is 11.2 Å². The lowest BCUT2D eigenvalue weighted by atomic mass is 10.0. The molecule has 2 aliphatic heterocycles. The Morgan fingerprint density at radius 3 is 2.35 bits per heavy atom. The van der Waals surface area contributed by atoms with Crippen LogP contribution in [-0.4, -0.2) is 98.6 Å². The molecular formula is C47H49Cl2FIN9O10S2. The Labute approximate surface area is 448 Å². The quantitative estimate of drug-likeness (QED) is 0.0176. The fourth-order valence-electron chi connectivity index (χ4n) is 7.29. The summed E-state index contributed by atoms with van der Waals surface area (Å²) in [6.07, 6.45) is 3.73. The molecule has 19 nitrogen and oxygen atoms in total. The van der Waals surface area contributed by atoms with E-state index in [0.29, 0.717) is 22.4 Å². The lowest BCUT2D eigenvalue weighted by molar-refractivity contribution is -0.687. The van der Waals surface area contributed by atoms with Crippen LogP contribution >= 0.6 is 46.3 Å². The molecule has 4 amide bonds. The van der Waals surface area contributed by atoms with E-state index < -0.39 is 64.2 Å². The average molecular weight is 1180 g/mol. The summed E-state index contributed by atoms with van der Waals surface area (Å²) in [5, 5.41) is 19.7. The van der Waals surface area contributed by atoms with E-state index in [1.165, 1.54) is 36.9 Å². The van der Waals surface area contributed by atoms with Crippen LogP contribution < -0.4 is 49.2 Å². The molecule has 0 unspecified atom stereocenters. The summed E-state index contributed by atoms with van der Waals surface area (Å²) in [5.74, 6) is -2.47. The Hall–Kier alpha value is -6.02. The number of β-lactam (4-membered cyclic amide) rings is 1. The number of ether oxygens (including phenoxy) is 4. The Morgan fingerprint density at radius 1 is 1.00 bits per heavy atom. The SMILES string of the molecule is CON=C(C(=O)N[C@@H]1C(=O)N2C(C(=O)OCc3ccc(OC)cc3)=C(C[n+]3ccc4ccn(Cc5c(F)cc(C(=N)NC(=O)OC(C)(C)C)cc5Cl)c4c3)CS[C@H]12)c1nc(NC(=O)OC(C)(C)C)sc1Cl.[I-]. The highest BCUT2D eigenvalue weighted by atomic mass is 127. The Morgan fingerprint density at radius 2 is 1.69 bits per heavy atom. The van der Waals surface area contributed by atoms with Crippen LogP contribution in [0.15, 0.2) is 83.5 Å². The number of carbonyl (C=O) groups excluding carboxylic acids is 5. The number of amides is 4. The summed E-state index contributed by atoms with van der Waals surface area (Å²) < 4.78 is 40.9. The summed E-state index contributed by atoms with van der Waals surface area (Å²) in [7, 11) is 2.75. The van der Waals surface area contributed by atoms with Gasteiger partial charge in [-0.1, -0.05) is 51.8 Å². The highest BCUT2D eigenvalue weighted by molar-refractivity contribution is 8.00. The highest BCUT2D eigenvalue weighted by Crippen LogP contribution is 2.41. The number of nitrogens with zero attached hydrogens (tertiary/aromatic N) is 5. The summed E-state index contributed by atoms with van der Waals surface area (Å²) in [5.41, 5.74) is -0.0189. The molecule has 4 N–H and O–H groups in total. The van der Waals surface area contributed by atoms with Crippen molar-refractivity contribution in [2.24, 2.45) is 5.16 Å². The fourth-order valence-corrected chi connectivity index (χ4v) is 9.92. The number of thiazole rings is 1. The van der Waals surface area contributed by atoms with E-state index in [9.17, 15) is 24.0 Å². The molecule has 382 valence electrons. The zero-order valence-corrected chi connectivity index (χ0v) is 45.3. The lowest BCUT2D eigenvalue weighted by Crippen LogP contribution is -3.00. The maximum atomic E-state index is 15.7. The van der Waals surface area contributed by atoms with Gasteiger partial charge >= 0.3 is 18.2 Å². The van der Waals surface area contributed by atoms with Gasteiger partial charge in [0.25, 0.3) is 11.8 Å². The van der Waals surface area contributed by atoms with Crippen molar-refractivity contribution in [3.8, 4) is 5.75 Å². The Balaban J connectivity index is 0.00000847.